The minimum atomic E-state index is 0.709. The molecule has 1 aliphatic carbocycles. The predicted molar refractivity (Wildman–Crippen MR) is 91.0 cm³/mol. The van der Waals surface area contributed by atoms with Crippen LogP contribution in [0.4, 0.5) is 0 Å². The van der Waals surface area contributed by atoms with Gasteiger partial charge in [0.05, 0.1) is 0 Å². The molecule has 1 aromatic carbocycles. The van der Waals surface area contributed by atoms with E-state index >= 15 is 0 Å². The molecule has 1 fully saturated rings. The smallest absolute Gasteiger partial charge is 0.0207 e. The molecule has 0 saturated heterocycles. The Morgan fingerprint density at radius 2 is 2.00 bits per heavy atom. The van der Waals surface area contributed by atoms with Gasteiger partial charge in [0, 0.05) is 10.5 Å². The molecular weight excluding hydrogens is 310 g/mol. The minimum absolute atomic E-state index is 0.709. The van der Waals surface area contributed by atoms with E-state index in [1.165, 1.54) is 48.6 Å². The summed E-state index contributed by atoms with van der Waals surface area (Å²) in [4.78, 5) is 0. The van der Waals surface area contributed by atoms with Gasteiger partial charge in [-0.2, -0.15) is 0 Å². The summed E-state index contributed by atoms with van der Waals surface area (Å²) in [5, 5.41) is 3.72. The van der Waals surface area contributed by atoms with Crippen LogP contribution in [-0.4, -0.2) is 12.6 Å². The number of rotatable bonds is 6. The molecule has 1 aliphatic rings. The van der Waals surface area contributed by atoms with Crippen LogP contribution in [0.15, 0.2) is 28.7 Å². The van der Waals surface area contributed by atoms with Gasteiger partial charge in [-0.3, -0.25) is 0 Å². The zero-order valence-electron chi connectivity index (χ0n) is 12.9. The Labute approximate surface area is 132 Å². The van der Waals surface area contributed by atoms with E-state index in [-0.39, 0.29) is 0 Å². The highest BCUT2D eigenvalue weighted by Gasteiger charge is 2.29. The largest absolute Gasteiger partial charge is 0.314 e. The van der Waals surface area contributed by atoms with Crippen molar-refractivity contribution in [3.8, 4) is 0 Å². The highest BCUT2D eigenvalue weighted by molar-refractivity contribution is 9.10. The molecule has 2 heteroatoms. The van der Waals surface area contributed by atoms with Crippen LogP contribution in [0.1, 0.15) is 51.5 Å². The second-order valence-electron chi connectivity index (χ2n) is 6.19. The highest BCUT2D eigenvalue weighted by atomic mass is 79.9. The van der Waals surface area contributed by atoms with Gasteiger partial charge in [0.15, 0.2) is 0 Å². The second kappa shape index (κ2) is 8.19. The van der Waals surface area contributed by atoms with E-state index in [0.717, 1.165) is 18.4 Å². The van der Waals surface area contributed by atoms with E-state index in [4.69, 9.17) is 0 Å². The lowest BCUT2D eigenvalue weighted by molar-refractivity contribution is 0.195. The molecule has 2 rings (SSSR count). The zero-order valence-corrected chi connectivity index (χ0v) is 14.5. The van der Waals surface area contributed by atoms with Crippen LogP contribution in [0.5, 0.6) is 0 Å². The zero-order chi connectivity index (χ0) is 14.4. The van der Waals surface area contributed by atoms with Crippen molar-refractivity contribution in [3.63, 3.8) is 0 Å². The second-order valence-corrected chi connectivity index (χ2v) is 7.04. The van der Waals surface area contributed by atoms with E-state index in [1.807, 2.05) is 0 Å². The number of nitrogens with one attached hydrogen (secondary N) is 1. The Balaban J connectivity index is 2.05. The third kappa shape index (κ3) is 4.33. The lowest BCUT2D eigenvalue weighted by Crippen LogP contribution is -2.41. The average Bonchev–Trinajstić information content (AvgIpc) is 2.45. The standard InChI is InChI=1S/C18H28BrN/c1-3-7-14-10-11-18(20-4-2)16(12-14)13-15-8-5-6-9-17(15)19/h5-6,8-9,14,16,18,20H,3-4,7,10-13H2,1-2H3. The summed E-state index contributed by atoms with van der Waals surface area (Å²) in [6.07, 6.45) is 8.11. The van der Waals surface area contributed by atoms with Crippen LogP contribution in [0, 0.1) is 11.8 Å². The molecular formula is C18H28BrN. The van der Waals surface area contributed by atoms with Crippen LogP contribution in [0.25, 0.3) is 0 Å². The van der Waals surface area contributed by atoms with Crippen molar-refractivity contribution >= 4 is 15.9 Å². The molecule has 20 heavy (non-hydrogen) atoms. The highest BCUT2D eigenvalue weighted by Crippen LogP contribution is 2.35. The van der Waals surface area contributed by atoms with E-state index in [9.17, 15) is 0 Å². The third-order valence-corrected chi connectivity index (χ3v) is 5.47. The minimum Gasteiger partial charge on any atom is -0.314 e. The third-order valence-electron chi connectivity index (χ3n) is 4.69. The van der Waals surface area contributed by atoms with Crippen molar-refractivity contribution in [1.82, 2.24) is 5.32 Å². The number of hydrogen-bond acceptors (Lipinski definition) is 1. The first-order chi connectivity index (χ1) is 9.74. The van der Waals surface area contributed by atoms with Crippen LogP contribution in [0.3, 0.4) is 0 Å². The van der Waals surface area contributed by atoms with Gasteiger partial charge in [-0.25, -0.2) is 0 Å². The van der Waals surface area contributed by atoms with Gasteiger partial charge >= 0.3 is 0 Å². The first kappa shape index (κ1) is 16.0. The van der Waals surface area contributed by atoms with Crippen LogP contribution >= 0.6 is 15.9 Å². The average molecular weight is 338 g/mol. The van der Waals surface area contributed by atoms with Crippen LogP contribution in [-0.2, 0) is 6.42 Å². The molecule has 0 amide bonds. The summed E-state index contributed by atoms with van der Waals surface area (Å²) in [6.45, 7) is 5.64. The normalized spacial score (nSPS) is 26.6. The molecule has 0 spiro atoms. The van der Waals surface area contributed by atoms with Gasteiger partial charge in [-0.15, -0.1) is 0 Å². The summed E-state index contributed by atoms with van der Waals surface area (Å²) in [5.74, 6) is 1.74. The fraction of sp³-hybridized carbons (Fsp3) is 0.667. The predicted octanol–water partition coefficient (Wildman–Crippen LogP) is 5.19. The Morgan fingerprint density at radius 1 is 1.20 bits per heavy atom. The van der Waals surface area contributed by atoms with E-state index in [0.29, 0.717) is 6.04 Å². The van der Waals surface area contributed by atoms with Crippen molar-refractivity contribution in [2.45, 2.75) is 58.4 Å². The maximum absolute atomic E-state index is 3.72. The van der Waals surface area contributed by atoms with Crippen LogP contribution in [0.2, 0.25) is 0 Å². The molecule has 3 atom stereocenters. The summed E-state index contributed by atoms with van der Waals surface area (Å²) < 4.78 is 1.27. The van der Waals surface area contributed by atoms with Crippen molar-refractivity contribution in [3.05, 3.63) is 34.3 Å². The molecule has 1 nitrogen and oxygen atoms in total. The van der Waals surface area contributed by atoms with Gasteiger partial charge in [-0.1, -0.05) is 60.8 Å². The summed E-state index contributed by atoms with van der Waals surface area (Å²) in [6, 6.07) is 9.42. The van der Waals surface area contributed by atoms with Gasteiger partial charge in [0.2, 0.25) is 0 Å². The molecule has 0 bridgehead atoms. The topological polar surface area (TPSA) is 12.0 Å². The van der Waals surface area contributed by atoms with Crippen LogP contribution < -0.4 is 5.32 Å². The summed E-state index contributed by atoms with van der Waals surface area (Å²) >= 11 is 3.71. The molecule has 0 radical (unpaired) electrons. The summed E-state index contributed by atoms with van der Waals surface area (Å²) in [7, 11) is 0. The molecule has 112 valence electrons. The Hall–Kier alpha value is -0.340. The maximum atomic E-state index is 3.72. The molecule has 0 heterocycles. The molecule has 1 aromatic rings. The Kier molecular flexibility index (Phi) is 6.57. The van der Waals surface area contributed by atoms with E-state index < -0.39 is 0 Å². The van der Waals surface area contributed by atoms with Gasteiger partial charge in [0.25, 0.3) is 0 Å². The monoisotopic (exact) mass is 337 g/mol. The summed E-state index contributed by atoms with van der Waals surface area (Å²) in [5.41, 5.74) is 1.47. The van der Waals surface area contributed by atoms with E-state index in [1.54, 1.807) is 0 Å². The number of hydrogen-bond donors (Lipinski definition) is 1. The SMILES string of the molecule is CCCC1CCC(NCC)C(Cc2ccccc2Br)C1. The fourth-order valence-corrected chi connectivity index (χ4v) is 4.18. The first-order valence-corrected chi connectivity index (χ1v) is 9.00. The first-order valence-electron chi connectivity index (χ1n) is 8.21. The number of halogens is 1. The van der Waals surface area contributed by atoms with Gasteiger partial charge in [-0.05, 0) is 55.7 Å². The molecule has 1 N–H and O–H groups in total. The molecule has 1 saturated carbocycles. The molecule has 0 aliphatic heterocycles. The van der Waals surface area contributed by atoms with Crippen molar-refractivity contribution < 1.29 is 0 Å². The van der Waals surface area contributed by atoms with Gasteiger partial charge < -0.3 is 5.32 Å². The Bertz CT molecular complexity index is 404. The Morgan fingerprint density at radius 3 is 2.70 bits per heavy atom. The lowest BCUT2D eigenvalue weighted by Gasteiger charge is -2.37. The quantitative estimate of drug-likeness (QED) is 0.753. The molecule has 3 unspecified atom stereocenters. The van der Waals surface area contributed by atoms with Crippen molar-refractivity contribution in [2.24, 2.45) is 11.8 Å². The van der Waals surface area contributed by atoms with Crippen molar-refractivity contribution in [1.29, 1.82) is 0 Å². The maximum Gasteiger partial charge on any atom is 0.0207 e. The number of benzene rings is 1. The van der Waals surface area contributed by atoms with E-state index in [2.05, 4.69) is 59.4 Å². The van der Waals surface area contributed by atoms with Gasteiger partial charge in [0.1, 0.15) is 0 Å². The fourth-order valence-electron chi connectivity index (χ4n) is 3.73. The lowest BCUT2D eigenvalue weighted by atomic mass is 9.74. The van der Waals surface area contributed by atoms with Crippen molar-refractivity contribution in [2.75, 3.05) is 6.54 Å². The molecule has 0 aromatic heterocycles.